The van der Waals surface area contributed by atoms with E-state index in [0.717, 1.165) is 0 Å². The quantitative estimate of drug-likeness (QED) is 0.723. The summed E-state index contributed by atoms with van der Waals surface area (Å²) in [5.41, 5.74) is 0. The summed E-state index contributed by atoms with van der Waals surface area (Å²) in [6.45, 7) is 10.0. The summed E-state index contributed by atoms with van der Waals surface area (Å²) in [6, 6.07) is 0.0787. The predicted molar refractivity (Wildman–Crippen MR) is 59.6 cm³/mol. The molecule has 2 atom stereocenters. The van der Waals surface area contributed by atoms with Gasteiger partial charge in [0, 0.05) is 19.2 Å². The van der Waals surface area contributed by atoms with E-state index in [1.807, 2.05) is 20.8 Å². The van der Waals surface area contributed by atoms with E-state index in [2.05, 4.69) is 0 Å². The maximum Gasteiger partial charge on any atom is 0.251 e. The van der Waals surface area contributed by atoms with E-state index < -0.39 is 12.2 Å². The Labute approximate surface area is 92.2 Å². The van der Waals surface area contributed by atoms with Crippen molar-refractivity contribution >= 4 is 5.91 Å². The molecule has 1 N–H and O–H groups in total. The molecule has 0 spiro atoms. The normalized spacial score (nSPS) is 15.1. The molecule has 0 saturated carbocycles. The molecule has 0 rings (SSSR count). The topological polar surface area (TPSA) is 49.8 Å². The van der Waals surface area contributed by atoms with Gasteiger partial charge in [-0.1, -0.05) is 0 Å². The van der Waals surface area contributed by atoms with Crippen LogP contribution in [0, 0.1) is 0 Å². The Morgan fingerprint density at radius 1 is 1.33 bits per heavy atom. The highest BCUT2D eigenvalue weighted by Gasteiger charge is 2.23. The predicted octanol–water partition coefficient (Wildman–Crippen LogP) is 1.03. The minimum Gasteiger partial charge on any atom is -0.392 e. The lowest BCUT2D eigenvalue weighted by Gasteiger charge is -2.30. The Morgan fingerprint density at radius 3 is 2.20 bits per heavy atom. The fraction of sp³-hybridized carbons (Fsp3) is 0.909. The summed E-state index contributed by atoms with van der Waals surface area (Å²) < 4.78 is 5.24. The molecule has 1 amide bonds. The van der Waals surface area contributed by atoms with Crippen molar-refractivity contribution in [3.63, 3.8) is 0 Å². The van der Waals surface area contributed by atoms with Crippen LogP contribution in [-0.4, -0.2) is 47.3 Å². The van der Waals surface area contributed by atoms with Crippen LogP contribution in [0.25, 0.3) is 0 Å². The van der Waals surface area contributed by atoms with Gasteiger partial charge in [0.1, 0.15) is 6.10 Å². The Balaban J connectivity index is 4.41. The second-order valence-corrected chi connectivity index (χ2v) is 4.03. The molecule has 0 bridgehead atoms. The van der Waals surface area contributed by atoms with Crippen LogP contribution < -0.4 is 0 Å². The van der Waals surface area contributed by atoms with Crippen LogP contribution in [0.1, 0.15) is 34.6 Å². The van der Waals surface area contributed by atoms with Crippen molar-refractivity contribution in [1.82, 2.24) is 4.90 Å². The number of nitrogens with zero attached hydrogens (tertiary/aromatic N) is 1. The molecule has 2 unspecified atom stereocenters. The SMILES string of the molecule is CCOC(C)C(=O)N(CC(C)O)C(C)C. The van der Waals surface area contributed by atoms with Gasteiger partial charge >= 0.3 is 0 Å². The first kappa shape index (κ1) is 14.4. The molecular formula is C11H23NO3. The minimum absolute atomic E-state index is 0.0623. The number of rotatable bonds is 6. The Morgan fingerprint density at radius 2 is 1.87 bits per heavy atom. The highest BCUT2D eigenvalue weighted by molar-refractivity contribution is 5.80. The zero-order valence-corrected chi connectivity index (χ0v) is 10.4. The fourth-order valence-corrected chi connectivity index (χ4v) is 1.39. The van der Waals surface area contributed by atoms with Gasteiger partial charge in [0.15, 0.2) is 0 Å². The van der Waals surface area contributed by atoms with E-state index >= 15 is 0 Å². The molecule has 15 heavy (non-hydrogen) atoms. The van der Waals surface area contributed by atoms with Crippen molar-refractivity contribution in [1.29, 1.82) is 0 Å². The number of ether oxygens (including phenoxy) is 1. The van der Waals surface area contributed by atoms with Crippen LogP contribution in [0.3, 0.4) is 0 Å². The number of carbonyl (C=O) groups excluding carboxylic acids is 1. The third-order valence-corrected chi connectivity index (χ3v) is 2.13. The van der Waals surface area contributed by atoms with Crippen LogP contribution >= 0.6 is 0 Å². The molecule has 0 aromatic carbocycles. The first-order valence-electron chi connectivity index (χ1n) is 5.50. The second kappa shape index (κ2) is 6.80. The van der Waals surface area contributed by atoms with Crippen LogP contribution in [-0.2, 0) is 9.53 Å². The van der Waals surface area contributed by atoms with E-state index in [-0.39, 0.29) is 11.9 Å². The van der Waals surface area contributed by atoms with Gasteiger partial charge in [-0.15, -0.1) is 0 Å². The van der Waals surface area contributed by atoms with Crippen molar-refractivity contribution in [3.05, 3.63) is 0 Å². The van der Waals surface area contributed by atoms with E-state index in [4.69, 9.17) is 4.74 Å². The zero-order valence-electron chi connectivity index (χ0n) is 10.4. The second-order valence-electron chi connectivity index (χ2n) is 4.03. The van der Waals surface area contributed by atoms with Crippen LogP contribution in [0.5, 0.6) is 0 Å². The number of hydrogen-bond donors (Lipinski definition) is 1. The summed E-state index contributed by atoms with van der Waals surface area (Å²) in [5, 5.41) is 9.30. The molecule has 0 saturated heterocycles. The lowest BCUT2D eigenvalue weighted by atomic mass is 10.2. The molecule has 4 nitrogen and oxygen atoms in total. The average molecular weight is 217 g/mol. The maximum atomic E-state index is 11.9. The van der Waals surface area contributed by atoms with E-state index in [1.165, 1.54) is 0 Å². The van der Waals surface area contributed by atoms with Gasteiger partial charge in [-0.2, -0.15) is 0 Å². The molecule has 0 aliphatic rings. The molecule has 0 radical (unpaired) electrons. The van der Waals surface area contributed by atoms with E-state index in [9.17, 15) is 9.90 Å². The smallest absolute Gasteiger partial charge is 0.251 e. The van der Waals surface area contributed by atoms with Crippen molar-refractivity contribution < 1.29 is 14.6 Å². The lowest BCUT2D eigenvalue weighted by Crippen LogP contribution is -2.46. The van der Waals surface area contributed by atoms with Gasteiger partial charge in [-0.05, 0) is 34.6 Å². The number of amides is 1. The fourth-order valence-electron chi connectivity index (χ4n) is 1.39. The van der Waals surface area contributed by atoms with Crippen molar-refractivity contribution in [2.75, 3.05) is 13.2 Å². The van der Waals surface area contributed by atoms with Gasteiger partial charge in [-0.3, -0.25) is 4.79 Å². The molecule has 0 aliphatic carbocycles. The number of carbonyl (C=O) groups is 1. The third-order valence-electron chi connectivity index (χ3n) is 2.13. The van der Waals surface area contributed by atoms with Crippen LogP contribution in [0.15, 0.2) is 0 Å². The zero-order chi connectivity index (χ0) is 12.0. The van der Waals surface area contributed by atoms with Crippen molar-refractivity contribution in [2.24, 2.45) is 0 Å². The van der Waals surface area contributed by atoms with Crippen LogP contribution in [0.4, 0.5) is 0 Å². The van der Waals surface area contributed by atoms with E-state index in [1.54, 1.807) is 18.7 Å². The summed E-state index contributed by atoms with van der Waals surface area (Å²) in [5.74, 6) is -0.0623. The molecule has 0 aromatic heterocycles. The molecule has 0 aliphatic heterocycles. The highest BCUT2D eigenvalue weighted by atomic mass is 16.5. The molecule has 90 valence electrons. The standard InChI is InChI=1S/C11H23NO3/c1-6-15-10(5)11(14)12(8(2)3)7-9(4)13/h8-10,13H,6-7H2,1-5H3. The molecule has 0 fully saturated rings. The molecule has 0 aromatic rings. The summed E-state index contributed by atoms with van der Waals surface area (Å²) in [4.78, 5) is 13.5. The first-order valence-corrected chi connectivity index (χ1v) is 5.50. The van der Waals surface area contributed by atoms with Crippen molar-refractivity contribution in [3.8, 4) is 0 Å². The van der Waals surface area contributed by atoms with Gasteiger partial charge in [-0.25, -0.2) is 0 Å². The lowest BCUT2D eigenvalue weighted by molar-refractivity contribution is -0.145. The Bertz CT molecular complexity index is 192. The van der Waals surface area contributed by atoms with Crippen molar-refractivity contribution in [2.45, 2.75) is 52.9 Å². The minimum atomic E-state index is -0.509. The molecular weight excluding hydrogens is 194 g/mol. The largest absolute Gasteiger partial charge is 0.392 e. The molecule has 4 heteroatoms. The van der Waals surface area contributed by atoms with Gasteiger partial charge in [0.25, 0.3) is 5.91 Å². The maximum absolute atomic E-state index is 11.9. The Kier molecular flexibility index (Phi) is 6.52. The number of aliphatic hydroxyl groups is 1. The number of aliphatic hydroxyl groups excluding tert-OH is 1. The summed E-state index contributed by atoms with van der Waals surface area (Å²) in [7, 11) is 0. The molecule has 0 heterocycles. The van der Waals surface area contributed by atoms with E-state index in [0.29, 0.717) is 13.2 Å². The first-order chi connectivity index (χ1) is 6.90. The summed E-state index contributed by atoms with van der Waals surface area (Å²) in [6.07, 6.45) is -0.943. The monoisotopic (exact) mass is 217 g/mol. The van der Waals surface area contributed by atoms with Gasteiger partial charge < -0.3 is 14.7 Å². The Hall–Kier alpha value is -0.610. The average Bonchev–Trinajstić information content (AvgIpc) is 2.12. The summed E-state index contributed by atoms with van der Waals surface area (Å²) >= 11 is 0. The van der Waals surface area contributed by atoms with Gasteiger partial charge in [0.2, 0.25) is 0 Å². The number of hydrogen-bond acceptors (Lipinski definition) is 3. The highest BCUT2D eigenvalue weighted by Crippen LogP contribution is 2.06. The van der Waals surface area contributed by atoms with Gasteiger partial charge in [0.05, 0.1) is 6.10 Å². The third kappa shape index (κ3) is 5.14. The van der Waals surface area contributed by atoms with Crippen LogP contribution in [0.2, 0.25) is 0 Å².